The second-order valence-corrected chi connectivity index (χ2v) is 3.96. The summed E-state index contributed by atoms with van der Waals surface area (Å²) in [5.41, 5.74) is 0.266. The number of rotatable bonds is 2. The van der Waals surface area contributed by atoms with Gasteiger partial charge in [0.2, 0.25) is 0 Å². The van der Waals surface area contributed by atoms with Gasteiger partial charge in [-0.05, 0) is 30.5 Å². The molecule has 0 aliphatic heterocycles. The van der Waals surface area contributed by atoms with Gasteiger partial charge in [-0.15, -0.1) is 0 Å². The highest BCUT2D eigenvalue weighted by Gasteiger charge is 2.13. The second kappa shape index (κ2) is 4.63. The number of halogens is 1. The summed E-state index contributed by atoms with van der Waals surface area (Å²) in [6.07, 6.45) is 0. The summed E-state index contributed by atoms with van der Waals surface area (Å²) in [5.74, 6) is -0.368. The van der Waals surface area contributed by atoms with Crippen LogP contribution in [0.1, 0.15) is 17.3 Å². The summed E-state index contributed by atoms with van der Waals surface area (Å²) in [5, 5.41) is 11.4. The first kappa shape index (κ1) is 11.7. The average Bonchev–Trinajstić information content (AvgIpc) is 2.29. The first-order chi connectivity index (χ1) is 8.13. The molecule has 2 rings (SSSR count). The fraction of sp³-hybridized carbons (Fsp3) is 0.154. The lowest BCUT2D eigenvalue weighted by molar-refractivity contribution is 0.0527. The number of esters is 1. The smallest absolute Gasteiger partial charge is 0.339 e. The van der Waals surface area contributed by atoms with Gasteiger partial charge in [-0.25, -0.2) is 4.79 Å². The van der Waals surface area contributed by atoms with Crippen molar-refractivity contribution in [1.82, 2.24) is 0 Å². The summed E-state index contributed by atoms with van der Waals surface area (Å²) in [6.45, 7) is 2.01. The first-order valence-corrected chi connectivity index (χ1v) is 5.59. The molecule has 17 heavy (non-hydrogen) atoms. The summed E-state index contributed by atoms with van der Waals surface area (Å²) in [7, 11) is 0. The van der Waals surface area contributed by atoms with Gasteiger partial charge < -0.3 is 9.84 Å². The minimum atomic E-state index is -0.484. The Kier molecular flexibility index (Phi) is 3.20. The fourth-order valence-electron chi connectivity index (χ4n) is 1.65. The van der Waals surface area contributed by atoms with Crippen LogP contribution in [0, 0.1) is 0 Å². The Hall–Kier alpha value is -1.74. The summed E-state index contributed by atoms with van der Waals surface area (Å²) < 4.78 is 4.89. The number of aromatic hydroxyl groups is 1. The monoisotopic (exact) mass is 250 g/mol. The maximum absolute atomic E-state index is 11.6. The maximum atomic E-state index is 11.6. The highest BCUT2D eigenvalue weighted by molar-refractivity contribution is 6.34. The molecule has 0 bridgehead atoms. The number of ether oxygens (including phenoxy) is 1. The van der Waals surface area contributed by atoms with Crippen molar-refractivity contribution in [2.75, 3.05) is 6.61 Å². The third kappa shape index (κ3) is 2.19. The molecule has 0 saturated heterocycles. The molecule has 88 valence electrons. The summed E-state index contributed by atoms with van der Waals surface area (Å²) in [6, 6.07) is 8.28. The van der Waals surface area contributed by atoms with Gasteiger partial charge >= 0.3 is 5.97 Å². The molecule has 0 radical (unpaired) electrons. The quantitative estimate of drug-likeness (QED) is 0.832. The van der Waals surface area contributed by atoms with Crippen molar-refractivity contribution in [3.8, 4) is 5.75 Å². The van der Waals surface area contributed by atoms with E-state index in [0.29, 0.717) is 10.4 Å². The molecule has 0 atom stereocenters. The molecule has 2 aromatic rings. The maximum Gasteiger partial charge on any atom is 0.339 e. The number of phenols is 1. The topological polar surface area (TPSA) is 46.5 Å². The zero-order valence-electron chi connectivity index (χ0n) is 9.24. The Morgan fingerprint density at radius 1 is 1.41 bits per heavy atom. The van der Waals surface area contributed by atoms with Gasteiger partial charge in [-0.3, -0.25) is 0 Å². The largest absolute Gasteiger partial charge is 0.507 e. The molecule has 0 heterocycles. The minimum Gasteiger partial charge on any atom is -0.507 e. The van der Waals surface area contributed by atoms with Crippen molar-refractivity contribution < 1.29 is 14.6 Å². The number of hydrogen-bond donors (Lipinski definition) is 1. The van der Waals surface area contributed by atoms with Gasteiger partial charge in [0.15, 0.2) is 0 Å². The highest BCUT2D eigenvalue weighted by atomic mass is 35.5. The number of fused-ring (bicyclic) bond motifs is 1. The molecule has 0 aliphatic carbocycles. The zero-order chi connectivity index (χ0) is 12.4. The second-order valence-electron chi connectivity index (χ2n) is 3.55. The van der Waals surface area contributed by atoms with Crippen LogP contribution in [0.15, 0.2) is 30.3 Å². The van der Waals surface area contributed by atoms with Crippen LogP contribution in [0.4, 0.5) is 0 Å². The van der Waals surface area contributed by atoms with Crippen LogP contribution in [0.5, 0.6) is 5.75 Å². The van der Waals surface area contributed by atoms with Gasteiger partial charge in [-0.2, -0.15) is 0 Å². The molecule has 1 N–H and O–H groups in total. The van der Waals surface area contributed by atoms with Crippen LogP contribution in [-0.4, -0.2) is 17.7 Å². The molecule has 0 aliphatic rings. The Morgan fingerprint density at radius 2 is 2.18 bits per heavy atom. The van der Waals surface area contributed by atoms with Crippen molar-refractivity contribution in [2.45, 2.75) is 6.92 Å². The lowest BCUT2D eigenvalue weighted by Gasteiger charge is -2.07. The number of carbonyl (C=O) groups excluding carboxylic acids is 1. The standard InChI is InChI=1S/C13H11ClO3/c1-2-17-13(16)10-7-9-8(6-11(10)14)4-3-5-12(9)15/h3-7,15H,2H2,1H3. The number of benzene rings is 2. The summed E-state index contributed by atoms with van der Waals surface area (Å²) in [4.78, 5) is 11.6. The van der Waals surface area contributed by atoms with Crippen LogP contribution in [0.25, 0.3) is 10.8 Å². The molecule has 0 aromatic heterocycles. The van der Waals surface area contributed by atoms with Crippen molar-refractivity contribution in [2.24, 2.45) is 0 Å². The number of phenolic OH excluding ortho intramolecular Hbond substituents is 1. The van der Waals surface area contributed by atoms with Crippen molar-refractivity contribution in [3.05, 3.63) is 40.9 Å². The molecule has 0 unspecified atom stereocenters. The van der Waals surface area contributed by atoms with Gasteiger partial charge in [0.25, 0.3) is 0 Å². The normalized spacial score (nSPS) is 10.5. The van der Waals surface area contributed by atoms with E-state index in [4.69, 9.17) is 16.3 Å². The molecular weight excluding hydrogens is 240 g/mol. The third-order valence-electron chi connectivity index (χ3n) is 2.44. The molecule has 2 aromatic carbocycles. The number of carbonyl (C=O) groups is 1. The van der Waals surface area contributed by atoms with E-state index in [-0.39, 0.29) is 17.9 Å². The highest BCUT2D eigenvalue weighted by Crippen LogP contribution is 2.30. The van der Waals surface area contributed by atoms with E-state index in [1.165, 1.54) is 0 Å². The van der Waals surface area contributed by atoms with Gasteiger partial charge in [-0.1, -0.05) is 23.7 Å². The van der Waals surface area contributed by atoms with Crippen LogP contribution in [0.3, 0.4) is 0 Å². The predicted molar refractivity (Wildman–Crippen MR) is 66.6 cm³/mol. The van der Waals surface area contributed by atoms with Crippen LogP contribution in [-0.2, 0) is 4.74 Å². The minimum absolute atomic E-state index is 0.115. The molecule has 0 spiro atoms. The van der Waals surface area contributed by atoms with Gasteiger partial charge in [0.1, 0.15) is 5.75 Å². The molecule has 0 fully saturated rings. The van der Waals surface area contributed by atoms with E-state index in [9.17, 15) is 9.90 Å². The Bertz CT molecular complexity index is 578. The van der Waals surface area contributed by atoms with Crippen molar-refractivity contribution in [1.29, 1.82) is 0 Å². The fourth-order valence-corrected chi connectivity index (χ4v) is 1.90. The van der Waals surface area contributed by atoms with Crippen molar-refractivity contribution >= 4 is 28.3 Å². The van der Waals surface area contributed by atoms with E-state index in [1.807, 2.05) is 6.07 Å². The number of hydrogen-bond acceptors (Lipinski definition) is 3. The lowest BCUT2D eigenvalue weighted by atomic mass is 10.1. The van der Waals surface area contributed by atoms with E-state index in [2.05, 4.69) is 0 Å². The summed E-state index contributed by atoms with van der Waals surface area (Å²) >= 11 is 6.00. The Labute approximate surface area is 104 Å². The van der Waals surface area contributed by atoms with Gasteiger partial charge in [0, 0.05) is 5.39 Å². The van der Waals surface area contributed by atoms with Crippen LogP contribution < -0.4 is 0 Å². The zero-order valence-corrected chi connectivity index (χ0v) is 9.99. The van der Waals surface area contributed by atoms with Crippen molar-refractivity contribution in [3.63, 3.8) is 0 Å². The molecular formula is C13H11ClO3. The first-order valence-electron chi connectivity index (χ1n) is 5.22. The van der Waals surface area contributed by atoms with Crippen LogP contribution >= 0.6 is 11.6 Å². The Morgan fingerprint density at radius 3 is 2.88 bits per heavy atom. The average molecular weight is 251 g/mol. The van der Waals surface area contributed by atoms with E-state index in [0.717, 1.165) is 5.39 Å². The Balaban J connectivity index is 2.61. The molecule has 4 heteroatoms. The molecule has 3 nitrogen and oxygen atoms in total. The lowest BCUT2D eigenvalue weighted by Crippen LogP contribution is -2.05. The third-order valence-corrected chi connectivity index (χ3v) is 2.75. The van der Waals surface area contributed by atoms with E-state index in [1.54, 1.807) is 31.2 Å². The SMILES string of the molecule is CCOC(=O)c1cc2c(O)cccc2cc1Cl. The predicted octanol–water partition coefficient (Wildman–Crippen LogP) is 3.38. The molecule has 0 amide bonds. The van der Waals surface area contributed by atoms with E-state index >= 15 is 0 Å². The van der Waals surface area contributed by atoms with Gasteiger partial charge in [0.05, 0.1) is 17.2 Å². The van der Waals surface area contributed by atoms with Crippen LogP contribution in [0.2, 0.25) is 5.02 Å². The van der Waals surface area contributed by atoms with E-state index < -0.39 is 5.97 Å². The molecule has 0 saturated carbocycles.